The molecule has 19 heavy (non-hydrogen) atoms. The first-order chi connectivity index (χ1) is 9.25. The van der Waals surface area contributed by atoms with Gasteiger partial charge in [0.25, 0.3) is 0 Å². The quantitative estimate of drug-likeness (QED) is 0.731. The van der Waals surface area contributed by atoms with Crippen LogP contribution in [0.3, 0.4) is 0 Å². The molecule has 5 heteroatoms. The minimum atomic E-state index is 0.120. The second-order valence-corrected chi connectivity index (χ2v) is 5.65. The molecule has 1 amide bonds. The highest BCUT2D eigenvalue weighted by atomic mass is 16.5. The SMILES string of the molecule is CN1CCCC1CNC(=O)CCOC1CCNCC1. The Balaban J connectivity index is 1.51. The Morgan fingerprint density at radius 3 is 2.84 bits per heavy atom. The first kappa shape index (κ1) is 14.8. The van der Waals surface area contributed by atoms with Gasteiger partial charge in [-0.2, -0.15) is 0 Å². The van der Waals surface area contributed by atoms with Gasteiger partial charge in [0.15, 0.2) is 0 Å². The molecule has 2 aliphatic rings. The number of likely N-dealkylation sites (tertiary alicyclic amines) is 1. The van der Waals surface area contributed by atoms with Crippen LogP contribution in [0.25, 0.3) is 0 Å². The minimum absolute atomic E-state index is 0.120. The molecule has 1 unspecified atom stereocenters. The molecule has 110 valence electrons. The van der Waals surface area contributed by atoms with E-state index in [0.717, 1.165) is 39.0 Å². The van der Waals surface area contributed by atoms with Crippen molar-refractivity contribution in [2.75, 3.05) is 39.8 Å². The number of amides is 1. The van der Waals surface area contributed by atoms with E-state index in [1.165, 1.54) is 12.8 Å². The highest BCUT2D eigenvalue weighted by Gasteiger charge is 2.21. The maximum Gasteiger partial charge on any atom is 0.222 e. The molecule has 2 aliphatic heterocycles. The van der Waals surface area contributed by atoms with Gasteiger partial charge in [-0.15, -0.1) is 0 Å². The van der Waals surface area contributed by atoms with Crippen LogP contribution < -0.4 is 10.6 Å². The van der Waals surface area contributed by atoms with Crippen LogP contribution in [-0.4, -0.2) is 62.8 Å². The summed E-state index contributed by atoms with van der Waals surface area (Å²) in [6, 6.07) is 0.522. The molecule has 1 atom stereocenters. The Morgan fingerprint density at radius 1 is 1.37 bits per heavy atom. The van der Waals surface area contributed by atoms with Crippen LogP contribution in [0.5, 0.6) is 0 Å². The third-order valence-electron chi connectivity index (χ3n) is 4.18. The lowest BCUT2D eigenvalue weighted by atomic mass is 10.1. The fourth-order valence-electron chi connectivity index (χ4n) is 2.84. The number of likely N-dealkylation sites (N-methyl/N-ethyl adjacent to an activating group) is 1. The molecule has 0 bridgehead atoms. The van der Waals surface area contributed by atoms with Gasteiger partial charge in [-0.05, 0) is 52.4 Å². The number of rotatable bonds is 6. The van der Waals surface area contributed by atoms with Crippen LogP contribution in [0.4, 0.5) is 0 Å². The number of carbonyl (C=O) groups excluding carboxylic acids is 1. The van der Waals surface area contributed by atoms with Gasteiger partial charge < -0.3 is 20.3 Å². The molecule has 2 heterocycles. The number of ether oxygens (including phenoxy) is 1. The zero-order valence-electron chi connectivity index (χ0n) is 12.0. The van der Waals surface area contributed by atoms with Gasteiger partial charge in [-0.3, -0.25) is 4.79 Å². The maximum absolute atomic E-state index is 11.7. The molecule has 0 spiro atoms. The van der Waals surface area contributed by atoms with Crippen LogP contribution in [0, 0.1) is 0 Å². The smallest absolute Gasteiger partial charge is 0.222 e. The summed E-state index contributed by atoms with van der Waals surface area (Å²) < 4.78 is 5.74. The zero-order chi connectivity index (χ0) is 13.5. The average Bonchev–Trinajstić information content (AvgIpc) is 2.83. The highest BCUT2D eigenvalue weighted by Crippen LogP contribution is 2.13. The molecule has 0 aromatic carbocycles. The number of hydrogen-bond acceptors (Lipinski definition) is 4. The average molecular weight is 269 g/mol. The van der Waals surface area contributed by atoms with Gasteiger partial charge >= 0.3 is 0 Å². The van der Waals surface area contributed by atoms with Gasteiger partial charge in [0, 0.05) is 19.0 Å². The number of carbonyl (C=O) groups is 1. The van der Waals surface area contributed by atoms with E-state index in [1.807, 2.05) is 0 Å². The predicted molar refractivity (Wildman–Crippen MR) is 75.1 cm³/mol. The molecule has 2 rings (SSSR count). The Labute approximate surface area is 116 Å². The molecule has 2 N–H and O–H groups in total. The first-order valence-corrected chi connectivity index (χ1v) is 7.55. The standard InChI is InChI=1S/C14H27N3O2/c1-17-9-2-3-12(17)11-16-14(18)6-10-19-13-4-7-15-8-5-13/h12-13,15H,2-11H2,1H3,(H,16,18). The summed E-state index contributed by atoms with van der Waals surface area (Å²) in [6.45, 7) is 4.55. The molecule has 2 fully saturated rings. The van der Waals surface area contributed by atoms with Crippen LogP contribution in [0.1, 0.15) is 32.1 Å². The molecule has 0 aromatic rings. The van der Waals surface area contributed by atoms with E-state index in [2.05, 4.69) is 22.6 Å². The molecular formula is C14H27N3O2. The second-order valence-electron chi connectivity index (χ2n) is 5.65. The lowest BCUT2D eigenvalue weighted by Crippen LogP contribution is -2.38. The van der Waals surface area contributed by atoms with Crippen LogP contribution in [-0.2, 0) is 9.53 Å². The van der Waals surface area contributed by atoms with E-state index < -0.39 is 0 Å². The number of hydrogen-bond donors (Lipinski definition) is 2. The largest absolute Gasteiger partial charge is 0.378 e. The number of nitrogens with one attached hydrogen (secondary N) is 2. The molecule has 0 saturated carbocycles. The van der Waals surface area contributed by atoms with Crippen molar-refractivity contribution in [2.24, 2.45) is 0 Å². The Hall–Kier alpha value is -0.650. The minimum Gasteiger partial charge on any atom is -0.378 e. The first-order valence-electron chi connectivity index (χ1n) is 7.55. The van der Waals surface area contributed by atoms with E-state index >= 15 is 0 Å². The Morgan fingerprint density at radius 2 is 2.16 bits per heavy atom. The van der Waals surface area contributed by atoms with Crippen molar-refractivity contribution >= 4 is 5.91 Å². The Kier molecular flexibility index (Phi) is 6.07. The summed E-state index contributed by atoms with van der Waals surface area (Å²) in [6.07, 6.45) is 5.40. The zero-order valence-corrected chi connectivity index (χ0v) is 12.0. The van der Waals surface area contributed by atoms with Gasteiger partial charge in [0.2, 0.25) is 5.91 Å². The third-order valence-corrected chi connectivity index (χ3v) is 4.18. The predicted octanol–water partition coefficient (Wildman–Crippen LogP) is 0.356. The molecular weight excluding hydrogens is 242 g/mol. The third kappa shape index (κ3) is 5.09. The molecule has 0 radical (unpaired) electrons. The van der Waals surface area contributed by atoms with Gasteiger partial charge in [-0.25, -0.2) is 0 Å². The monoisotopic (exact) mass is 269 g/mol. The van der Waals surface area contributed by atoms with Crippen molar-refractivity contribution in [3.8, 4) is 0 Å². The van der Waals surface area contributed by atoms with Gasteiger partial charge in [-0.1, -0.05) is 0 Å². The summed E-state index contributed by atoms with van der Waals surface area (Å²) in [5.74, 6) is 0.120. The van der Waals surface area contributed by atoms with Crippen molar-refractivity contribution in [3.63, 3.8) is 0 Å². The maximum atomic E-state index is 11.7. The topological polar surface area (TPSA) is 53.6 Å². The van der Waals surface area contributed by atoms with Crippen molar-refractivity contribution in [3.05, 3.63) is 0 Å². The van der Waals surface area contributed by atoms with Crippen molar-refractivity contribution in [1.82, 2.24) is 15.5 Å². The van der Waals surface area contributed by atoms with Crippen molar-refractivity contribution in [2.45, 2.75) is 44.2 Å². The van der Waals surface area contributed by atoms with E-state index in [1.54, 1.807) is 0 Å². The molecule has 2 saturated heterocycles. The fraction of sp³-hybridized carbons (Fsp3) is 0.929. The van der Waals surface area contributed by atoms with E-state index in [0.29, 0.717) is 25.2 Å². The Bertz CT molecular complexity index is 280. The number of piperidine rings is 1. The van der Waals surface area contributed by atoms with Crippen molar-refractivity contribution < 1.29 is 9.53 Å². The fourth-order valence-corrected chi connectivity index (χ4v) is 2.84. The van der Waals surface area contributed by atoms with Crippen LogP contribution >= 0.6 is 0 Å². The summed E-state index contributed by atoms with van der Waals surface area (Å²) in [5, 5.41) is 6.33. The van der Waals surface area contributed by atoms with Crippen LogP contribution in [0.15, 0.2) is 0 Å². The van der Waals surface area contributed by atoms with Gasteiger partial charge in [0.05, 0.1) is 12.7 Å². The van der Waals surface area contributed by atoms with Gasteiger partial charge in [0.1, 0.15) is 0 Å². The van der Waals surface area contributed by atoms with Crippen molar-refractivity contribution in [1.29, 1.82) is 0 Å². The second kappa shape index (κ2) is 7.82. The molecule has 5 nitrogen and oxygen atoms in total. The summed E-state index contributed by atoms with van der Waals surface area (Å²) in [5.41, 5.74) is 0. The summed E-state index contributed by atoms with van der Waals surface area (Å²) in [7, 11) is 2.13. The van der Waals surface area contributed by atoms with Crippen LogP contribution in [0.2, 0.25) is 0 Å². The summed E-state index contributed by atoms with van der Waals surface area (Å²) in [4.78, 5) is 14.1. The summed E-state index contributed by atoms with van der Waals surface area (Å²) >= 11 is 0. The normalized spacial score (nSPS) is 25.6. The molecule has 0 aliphatic carbocycles. The number of nitrogens with zero attached hydrogens (tertiary/aromatic N) is 1. The van der Waals surface area contributed by atoms with E-state index in [9.17, 15) is 4.79 Å². The van der Waals surface area contributed by atoms with E-state index in [-0.39, 0.29) is 5.91 Å². The van der Waals surface area contributed by atoms with E-state index in [4.69, 9.17) is 4.74 Å². The lowest BCUT2D eigenvalue weighted by molar-refractivity contribution is -0.122. The lowest BCUT2D eigenvalue weighted by Gasteiger charge is -2.23. The molecule has 0 aromatic heterocycles. The highest BCUT2D eigenvalue weighted by molar-refractivity contribution is 5.75.